The molecule has 3 aliphatic rings. The molecule has 3 heterocycles. The van der Waals surface area contributed by atoms with E-state index in [0.29, 0.717) is 48.9 Å². The molecule has 0 amide bonds. The smallest absolute Gasteiger partial charge is 0.244 e. The monoisotopic (exact) mass is 651 g/mol. The van der Waals surface area contributed by atoms with Crippen molar-refractivity contribution in [1.29, 1.82) is 0 Å². The van der Waals surface area contributed by atoms with E-state index in [2.05, 4.69) is 82.4 Å². The lowest BCUT2D eigenvalue weighted by Gasteiger charge is -2.24. The van der Waals surface area contributed by atoms with Crippen LogP contribution in [0, 0.1) is 18.8 Å². The summed E-state index contributed by atoms with van der Waals surface area (Å²) < 4.78 is 30.7. The van der Waals surface area contributed by atoms with Crippen molar-refractivity contribution in [2.75, 3.05) is 19.5 Å². The van der Waals surface area contributed by atoms with Crippen molar-refractivity contribution in [3.05, 3.63) is 99.8 Å². The summed E-state index contributed by atoms with van der Waals surface area (Å²) in [4.78, 5) is 9.76. The molecular weight excluding hydrogens is 602 g/mol. The fraction of sp³-hybridized carbons (Fsp3) is 0.500. The molecule has 2 aliphatic carbocycles. The van der Waals surface area contributed by atoms with E-state index in [1.54, 1.807) is 14.2 Å². The molecule has 2 aromatic heterocycles. The van der Waals surface area contributed by atoms with E-state index < -0.39 is 0 Å². The molecule has 48 heavy (non-hydrogen) atoms. The van der Waals surface area contributed by atoms with Crippen LogP contribution in [0.4, 0.5) is 5.69 Å². The van der Waals surface area contributed by atoms with Crippen LogP contribution in [0.1, 0.15) is 104 Å². The number of hydrogen-bond acceptors (Lipinski definition) is 8. The fourth-order valence-electron chi connectivity index (χ4n) is 8.13. The van der Waals surface area contributed by atoms with Crippen LogP contribution in [0.2, 0.25) is 0 Å². The number of aromatic nitrogens is 2. The third-order valence-electron chi connectivity index (χ3n) is 10.6. The van der Waals surface area contributed by atoms with Crippen molar-refractivity contribution >= 4 is 5.69 Å². The number of furan rings is 1. The van der Waals surface area contributed by atoms with Gasteiger partial charge in [-0.3, -0.25) is 0 Å². The van der Waals surface area contributed by atoms with E-state index >= 15 is 0 Å². The van der Waals surface area contributed by atoms with Crippen molar-refractivity contribution in [1.82, 2.24) is 9.97 Å². The summed E-state index contributed by atoms with van der Waals surface area (Å²) in [6.45, 7) is 11.9. The van der Waals surface area contributed by atoms with Crippen molar-refractivity contribution in [3.8, 4) is 11.8 Å². The van der Waals surface area contributed by atoms with Gasteiger partial charge in [0.2, 0.25) is 11.8 Å². The molecular formula is C40H49N3O5. The first kappa shape index (κ1) is 32.7. The summed E-state index contributed by atoms with van der Waals surface area (Å²) in [6.07, 6.45) is 5.57. The third kappa shape index (κ3) is 6.45. The SMILES string of the molecule is COc1nc(C2CC2[C@@H]2CCC[C@H]2OCc2ccccc2)nc(OC)c1NCc1ccc(Cc2cc3c(cc2C)C(C)(C)OC3(C)C)o1. The zero-order valence-corrected chi connectivity index (χ0v) is 29.4. The lowest BCUT2D eigenvalue weighted by molar-refractivity contribution is -0.105. The highest BCUT2D eigenvalue weighted by molar-refractivity contribution is 5.61. The Morgan fingerprint density at radius 3 is 2.25 bits per heavy atom. The van der Waals surface area contributed by atoms with E-state index in [4.69, 9.17) is 33.3 Å². The summed E-state index contributed by atoms with van der Waals surface area (Å²) in [6, 6.07) is 19.1. The van der Waals surface area contributed by atoms with Gasteiger partial charge in [-0.15, -0.1) is 0 Å². The van der Waals surface area contributed by atoms with Gasteiger partial charge in [-0.25, -0.2) is 0 Å². The fourth-order valence-corrected chi connectivity index (χ4v) is 8.13. The number of benzene rings is 2. The van der Waals surface area contributed by atoms with Gasteiger partial charge >= 0.3 is 0 Å². The molecule has 7 rings (SSSR count). The summed E-state index contributed by atoms with van der Waals surface area (Å²) >= 11 is 0. The van der Waals surface area contributed by atoms with Crippen LogP contribution >= 0.6 is 0 Å². The number of rotatable bonds is 12. The van der Waals surface area contributed by atoms with Crippen LogP contribution in [-0.2, 0) is 40.2 Å². The van der Waals surface area contributed by atoms with Gasteiger partial charge in [0.05, 0.1) is 44.7 Å². The first-order valence-corrected chi connectivity index (χ1v) is 17.4. The molecule has 4 aromatic rings. The number of aryl methyl sites for hydroxylation is 1. The van der Waals surface area contributed by atoms with E-state index in [1.165, 1.54) is 40.7 Å². The molecule has 1 N–H and O–H groups in total. The van der Waals surface area contributed by atoms with Crippen molar-refractivity contribution in [2.24, 2.45) is 11.8 Å². The minimum Gasteiger partial charge on any atom is -0.479 e. The maximum absolute atomic E-state index is 6.43. The van der Waals surface area contributed by atoms with Gasteiger partial charge in [0.1, 0.15) is 17.3 Å². The Hall–Kier alpha value is -3.88. The third-order valence-corrected chi connectivity index (χ3v) is 10.6. The Balaban J connectivity index is 1.00. The molecule has 2 saturated carbocycles. The Bertz CT molecular complexity index is 1740. The lowest BCUT2D eigenvalue weighted by atomic mass is 9.86. The lowest BCUT2D eigenvalue weighted by Crippen LogP contribution is -2.22. The molecule has 254 valence electrons. The van der Waals surface area contributed by atoms with Crippen LogP contribution in [-0.4, -0.2) is 30.3 Å². The van der Waals surface area contributed by atoms with Gasteiger partial charge in [0.25, 0.3) is 0 Å². The average Bonchev–Trinajstić information content (AvgIpc) is 3.40. The van der Waals surface area contributed by atoms with Gasteiger partial charge in [-0.05, 0) is 106 Å². The summed E-state index contributed by atoms with van der Waals surface area (Å²) in [5.74, 6) is 4.81. The summed E-state index contributed by atoms with van der Waals surface area (Å²) in [5, 5.41) is 3.43. The van der Waals surface area contributed by atoms with Crippen molar-refractivity contribution in [2.45, 2.75) is 103 Å². The zero-order valence-electron chi connectivity index (χ0n) is 29.4. The molecule has 2 aromatic carbocycles. The van der Waals surface area contributed by atoms with Crippen LogP contribution < -0.4 is 14.8 Å². The van der Waals surface area contributed by atoms with Gasteiger partial charge < -0.3 is 28.7 Å². The number of methoxy groups -OCH3 is 2. The quantitative estimate of drug-likeness (QED) is 0.163. The molecule has 4 atom stereocenters. The molecule has 8 nitrogen and oxygen atoms in total. The maximum atomic E-state index is 6.43. The van der Waals surface area contributed by atoms with E-state index in [9.17, 15) is 0 Å². The van der Waals surface area contributed by atoms with Crippen LogP contribution in [0.3, 0.4) is 0 Å². The second kappa shape index (κ2) is 12.9. The van der Waals surface area contributed by atoms with Gasteiger partial charge in [0, 0.05) is 12.3 Å². The van der Waals surface area contributed by atoms with Crippen LogP contribution in [0.15, 0.2) is 59.0 Å². The minimum absolute atomic E-state index is 0.280. The predicted octanol–water partition coefficient (Wildman–Crippen LogP) is 8.59. The van der Waals surface area contributed by atoms with E-state index in [0.717, 1.165) is 30.2 Å². The second-order valence-electron chi connectivity index (χ2n) is 14.8. The molecule has 0 radical (unpaired) electrons. The Morgan fingerprint density at radius 2 is 1.54 bits per heavy atom. The number of anilines is 1. The largest absolute Gasteiger partial charge is 0.479 e. The molecule has 0 saturated heterocycles. The normalized spacial score (nSPS) is 23.6. The first-order chi connectivity index (χ1) is 23.1. The number of fused-ring (bicyclic) bond motifs is 1. The minimum atomic E-state index is -0.328. The molecule has 0 spiro atoms. The highest BCUT2D eigenvalue weighted by Gasteiger charge is 2.50. The number of nitrogens with zero attached hydrogens (tertiary/aromatic N) is 2. The molecule has 0 bridgehead atoms. The number of ether oxygens (including phenoxy) is 4. The summed E-state index contributed by atoms with van der Waals surface area (Å²) in [5.41, 5.74) is 6.23. The van der Waals surface area contributed by atoms with Crippen LogP contribution in [0.5, 0.6) is 11.8 Å². The van der Waals surface area contributed by atoms with Crippen LogP contribution in [0.25, 0.3) is 0 Å². The molecule has 2 unspecified atom stereocenters. The topological polar surface area (TPSA) is 87.9 Å². The van der Waals surface area contributed by atoms with E-state index in [-0.39, 0.29) is 23.2 Å². The van der Waals surface area contributed by atoms with Gasteiger partial charge in [0.15, 0.2) is 5.69 Å². The van der Waals surface area contributed by atoms with Gasteiger partial charge in [-0.1, -0.05) is 48.9 Å². The molecule has 2 fully saturated rings. The predicted molar refractivity (Wildman–Crippen MR) is 186 cm³/mol. The standard InChI is InChI=1S/C40H49N3O5/c1-24-18-32-33(40(4,5)48-39(32,2)3)20-26(24)19-27-16-17-28(47-27)22-41-35-37(44-6)42-36(43-38(35)45-7)31-21-30(31)29-14-11-15-34(29)46-23-25-12-9-8-10-13-25/h8-10,12-13,16-18,20,29-31,34,41H,11,14-15,19,21-23H2,1-7H3/t29-,30?,31?,34+/m0/s1. The maximum Gasteiger partial charge on any atom is 0.244 e. The number of nitrogens with one attached hydrogen (secondary N) is 1. The zero-order chi connectivity index (χ0) is 33.6. The Morgan fingerprint density at radius 1 is 0.854 bits per heavy atom. The Labute approximate surface area is 284 Å². The number of hydrogen-bond donors (Lipinski definition) is 1. The molecule has 1 aliphatic heterocycles. The summed E-state index contributed by atoms with van der Waals surface area (Å²) in [7, 11) is 3.28. The average molecular weight is 652 g/mol. The van der Waals surface area contributed by atoms with Crippen molar-refractivity contribution < 1.29 is 23.4 Å². The molecule has 8 heteroatoms. The Kier molecular flexibility index (Phi) is 8.75. The van der Waals surface area contributed by atoms with E-state index in [1.807, 2.05) is 12.1 Å². The second-order valence-corrected chi connectivity index (χ2v) is 14.8. The first-order valence-electron chi connectivity index (χ1n) is 17.4. The van der Waals surface area contributed by atoms with Gasteiger partial charge in [-0.2, -0.15) is 9.97 Å². The highest BCUT2D eigenvalue weighted by Crippen LogP contribution is 2.56. The highest BCUT2D eigenvalue weighted by atomic mass is 16.5. The van der Waals surface area contributed by atoms with Crippen molar-refractivity contribution in [3.63, 3.8) is 0 Å².